The van der Waals surface area contributed by atoms with E-state index in [4.69, 9.17) is 139 Å². The molecule has 0 spiro atoms. The number of hydrogen-bond donors (Lipinski definition) is 0. The van der Waals surface area contributed by atoms with E-state index >= 15 is 0 Å². The van der Waals surface area contributed by atoms with Crippen molar-refractivity contribution < 1.29 is 9.59 Å². The van der Waals surface area contributed by atoms with E-state index in [1.807, 2.05) is 0 Å². The first-order chi connectivity index (χ1) is 14.6. The van der Waals surface area contributed by atoms with Crippen LogP contribution in [0.1, 0.15) is 31.8 Å². The van der Waals surface area contributed by atoms with Gasteiger partial charge in [-0.3, -0.25) is 9.59 Å². The maximum absolute atomic E-state index is 13.7. The Morgan fingerprint density at radius 2 is 0.625 bits per heavy atom. The second kappa shape index (κ2) is 6.97. The molecular weight excluding hydrogens is 674 g/mol. The molecule has 0 unspecified atom stereocenters. The molecule has 5 rings (SSSR count). The third-order valence-corrected chi connectivity index (χ3v) is 13.2. The Labute approximate surface area is 240 Å². The van der Waals surface area contributed by atoms with Gasteiger partial charge in [-0.1, -0.05) is 92.8 Å². The van der Waals surface area contributed by atoms with Gasteiger partial charge in [-0.25, -0.2) is 0 Å². The first kappa shape index (κ1) is 24.9. The smallest absolute Gasteiger partial charge is 0.190 e. The van der Waals surface area contributed by atoms with Gasteiger partial charge in [0.05, 0.1) is 40.2 Å². The zero-order chi connectivity index (χ0) is 24.1. The average molecular weight is 674 g/mol. The minimum absolute atomic E-state index is 0.183. The van der Waals surface area contributed by atoms with Crippen LogP contribution in [0.15, 0.2) is 0 Å². The van der Waals surface area contributed by atoms with Gasteiger partial charge in [0.1, 0.15) is 9.75 Å². The molecule has 2 aromatic rings. The lowest BCUT2D eigenvalue weighted by atomic mass is 9.53. The first-order valence-electron chi connectivity index (χ1n) is 8.18. The molecule has 14 heteroatoms. The molecule has 2 nitrogen and oxygen atoms in total. The van der Waals surface area contributed by atoms with Gasteiger partial charge in [0.15, 0.2) is 21.3 Å². The Bertz CT molecular complexity index is 1250. The van der Waals surface area contributed by atoms with Crippen molar-refractivity contribution in [2.45, 2.75) is 19.5 Å². The standard InChI is InChI=1S/C18Cl12O2/c19-5-1-3(7(21)11(25)9(5)23)15(27)17(29,13(1)31)16(28)4-2(14(32)18(15,16)30)6(20)10(24)12(26)8(4)22. The highest BCUT2D eigenvalue weighted by atomic mass is 35.5. The molecule has 0 N–H and O–H groups in total. The summed E-state index contributed by atoms with van der Waals surface area (Å²) in [5.74, 6) is -1.78. The topological polar surface area (TPSA) is 34.1 Å². The normalized spacial score (nSPS) is 34.2. The number of alkyl halides is 4. The van der Waals surface area contributed by atoms with Gasteiger partial charge < -0.3 is 0 Å². The fraction of sp³-hybridized carbons (Fsp3) is 0.222. The molecule has 2 aromatic carbocycles. The lowest BCUT2D eigenvalue weighted by Gasteiger charge is -2.65. The minimum Gasteiger partial charge on any atom is -0.292 e. The molecule has 1 fully saturated rings. The molecule has 1 saturated carbocycles. The number of hydrogen-bond acceptors (Lipinski definition) is 2. The minimum atomic E-state index is -2.32. The van der Waals surface area contributed by atoms with Crippen molar-refractivity contribution in [1.29, 1.82) is 0 Å². The number of carbonyl (C=O) groups is 2. The predicted molar refractivity (Wildman–Crippen MR) is 134 cm³/mol. The average Bonchev–Trinajstić information content (AvgIpc) is 3.04. The molecule has 3 aliphatic rings. The van der Waals surface area contributed by atoms with E-state index in [0.29, 0.717) is 0 Å². The molecule has 0 saturated heterocycles. The molecule has 3 aliphatic carbocycles. The SMILES string of the molecule is O=C1c2c(Cl)c(Cl)c(Cl)c(Cl)c2C2(Cl)C1(Cl)C1(Cl)c3c(Cl)c(Cl)c(Cl)c(Cl)c3C(=O)C21Cl. The Morgan fingerprint density at radius 3 is 0.906 bits per heavy atom. The van der Waals surface area contributed by atoms with Crippen molar-refractivity contribution in [3.05, 3.63) is 62.4 Å². The van der Waals surface area contributed by atoms with Crippen LogP contribution in [0, 0.1) is 0 Å². The summed E-state index contributed by atoms with van der Waals surface area (Å²) < 4.78 is 0. The fourth-order valence-corrected chi connectivity index (χ4v) is 9.76. The van der Waals surface area contributed by atoms with E-state index in [0.717, 1.165) is 0 Å². The summed E-state index contributed by atoms with van der Waals surface area (Å²) in [6, 6.07) is 0. The summed E-state index contributed by atoms with van der Waals surface area (Å²) in [6.45, 7) is 0. The first-order valence-corrected chi connectivity index (χ1v) is 12.7. The largest absolute Gasteiger partial charge is 0.292 e. The number of fused-ring (bicyclic) bond motifs is 8. The van der Waals surface area contributed by atoms with E-state index in [2.05, 4.69) is 0 Å². The van der Waals surface area contributed by atoms with Gasteiger partial charge in [-0.05, 0) is 0 Å². The summed E-state index contributed by atoms with van der Waals surface area (Å²) in [5.41, 5.74) is -0.890. The van der Waals surface area contributed by atoms with Crippen molar-refractivity contribution in [1.82, 2.24) is 0 Å². The van der Waals surface area contributed by atoms with Crippen LogP contribution in [0.2, 0.25) is 40.2 Å². The third-order valence-electron chi connectivity index (χ3n) is 6.20. The Morgan fingerprint density at radius 1 is 0.375 bits per heavy atom. The van der Waals surface area contributed by atoms with E-state index in [-0.39, 0.29) is 62.4 Å². The Kier molecular flexibility index (Phi) is 5.43. The fourth-order valence-electron chi connectivity index (χ4n) is 4.88. The summed E-state index contributed by atoms with van der Waals surface area (Å²) >= 11 is 77.9. The van der Waals surface area contributed by atoms with Gasteiger partial charge in [0, 0.05) is 22.3 Å². The number of ketones is 2. The molecular formula is C18Cl12O2. The maximum atomic E-state index is 13.7. The molecule has 0 aliphatic heterocycles. The molecule has 168 valence electrons. The monoisotopic (exact) mass is 668 g/mol. The number of carbonyl (C=O) groups excluding carboxylic acids is 2. The second-order valence-corrected chi connectivity index (χ2v) is 12.6. The zero-order valence-corrected chi connectivity index (χ0v) is 23.4. The van der Waals surface area contributed by atoms with Crippen molar-refractivity contribution >= 4 is 151 Å². The lowest BCUT2D eigenvalue weighted by Crippen LogP contribution is -2.83. The van der Waals surface area contributed by atoms with Crippen LogP contribution in [0.3, 0.4) is 0 Å². The van der Waals surface area contributed by atoms with Crippen molar-refractivity contribution in [3.63, 3.8) is 0 Å². The quantitative estimate of drug-likeness (QED) is 0.159. The highest BCUT2D eigenvalue weighted by Gasteiger charge is 2.98. The van der Waals surface area contributed by atoms with Crippen LogP contribution in [0.25, 0.3) is 0 Å². The van der Waals surface area contributed by atoms with Crippen LogP contribution >= 0.6 is 139 Å². The van der Waals surface area contributed by atoms with Crippen molar-refractivity contribution in [2.75, 3.05) is 0 Å². The summed E-state index contributed by atoms with van der Waals surface area (Å²) in [5, 5.41) is -1.96. The molecule has 0 heterocycles. The number of benzene rings is 2. The van der Waals surface area contributed by atoms with Crippen molar-refractivity contribution in [3.8, 4) is 0 Å². The Balaban J connectivity index is 1.99. The van der Waals surface area contributed by atoms with Gasteiger partial charge >= 0.3 is 0 Å². The van der Waals surface area contributed by atoms with E-state index in [1.54, 1.807) is 0 Å². The number of Topliss-reactive ketones (excluding diaryl/α,β-unsaturated/α-hetero) is 2. The van der Waals surface area contributed by atoms with Crippen LogP contribution < -0.4 is 0 Å². The van der Waals surface area contributed by atoms with Crippen LogP contribution in [0.5, 0.6) is 0 Å². The molecule has 32 heavy (non-hydrogen) atoms. The van der Waals surface area contributed by atoms with Gasteiger partial charge in [0.25, 0.3) is 0 Å². The Hall–Kier alpha value is 1.26. The van der Waals surface area contributed by atoms with E-state index in [1.165, 1.54) is 0 Å². The van der Waals surface area contributed by atoms with Gasteiger partial charge in [-0.15, -0.1) is 46.4 Å². The predicted octanol–water partition coefficient (Wildman–Crippen LogP) is 9.84. The molecule has 0 atom stereocenters. The maximum Gasteiger partial charge on any atom is 0.190 e. The number of halogens is 12. The lowest BCUT2D eigenvalue weighted by molar-refractivity contribution is 0.0564. The molecule has 0 bridgehead atoms. The molecule has 0 amide bonds. The highest BCUT2D eigenvalue weighted by Crippen LogP contribution is 2.86. The molecule has 0 radical (unpaired) electrons. The summed E-state index contributed by atoms with van der Waals surface area (Å²) in [6.07, 6.45) is 0. The van der Waals surface area contributed by atoms with Crippen LogP contribution in [-0.4, -0.2) is 21.3 Å². The van der Waals surface area contributed by atoms with Crippen LogP contribution in [0.4, 0.5) is 0 Å². The summed E-state index contributed by atoms with van der Waals surface area (Å²) in [4.78, 5) is 18.4. The number of rotatable bonds is 0. The van der Waals surface area contributed by atoms with Gasteiger partial charge in [0.2, 0.25) is 0 Å². The third kappa shape index (κ3) is 2.08. The van der Waals surface area contributed by atoms with E-state index < -0.39 is 31.1 Å². The zero-order valence-electron chi connectivity index (χ0n) is 14.4. The second-order valence-electron chi connectivity index (χ2n) is 7.30. The highest BCUT2D eigenvalue weighted by molar-refractivity contribution is 6.69. The van der Waals surface area contributed by atoms with E-state index in [9.17, 15) is 9.59 Å². The van der Waals surface area contributed by atoms with Crippen LogP contribution in [-0.2, 0) is 9.75 Å². The van der Waals surface area contributed by atoms with Gasteiger partial charge in [-0.2, -0.15) is 0 Å². The van der Waals surface area contributed by atoms with Crippen molar-refractivity contribution in [2.24, 2.45) is 0 Å². The molecule has 0 aromatic heterocycles. The summed E-state index contributed by atoms with van der Waals surface area (Å²) in [7, 11) is 0.